The van der Waals surface area contributed by atoms with E-state index >= 15 is 0 Å². The lowest BCUT2D eigenvalue weighted by Gasteiger charge is -2.10. The minimum Gasteiger partial charge on any atom is -0.309 e. The van der Waals surface area contributed by atoms with Crippen molar-refractivity contribution in [3.63, 3.8) is 0 Å². The van der Waals surface area contributed by atoms with E-state index in [9.17, 15) is 4.79 Å². The van der Waals surface area contributed by atoms with Crippen molar-refractivity contribution in [1.82, 2.24) is 24.1 Å². The number of aryl methyl sites for hydroxylation is 3. The Morgan fingerprint density at radius 1 is 1.26 bits per heavy atom. The molecule has 27 heavy (non-hydrogen) atoms. The third-order valence-corrected chi connectivity index (χ3v) is 7.33. The molecule has 4 rings (SSSR count). The van der Waals surface area contributed by atoms with Crippen LogP contribution in [0.3, 0.4) is 0 Å². The topological polar surface area (TPSA) is 55.4 Å². The van der Waals surface area contributed by atoms with E-state index in [2.05, 4.69) is 25.9 Å². The van der Waals surface area contributed by atoms with Gasteiger partial charge in [0.25, 0.3) is 5.56 Å². The first-order chi connectivity index (χ1) is 13.1. The van der Waals surface area contributed by atoms with Gasteiger partial charge < -0.3 is 4.90 Å². The van der Waals surface area contributed by atoms with E-state index in [0.717, 1.165) is 59.9 Å². The van der Waals surface area contributed by atoms with Gasteiger partial charge in [-0.05, 0) is 64.7 Å². The molecule has 0 saturated carbocycles. The van der Waals surface area contributed by atoms with E-state index < -0.39 is 0 Å². The Morgan fingerprint density at radius 3 is 2.85 bits per heavy atom. The molecule has 0 bridgehead atoms. The van der Waals surface area contributed by atoms with Crippen LogP contribution < -0.4 is 5.56 Å². The SMILES string of the molecule is CCCSc1nn(CCCN(C)C)c2nc3sc4c(c3c(=O)n12)CCCC4. The van der Waals surface area contributed by atoms with Crippen molar-refractivity contribution in [2.24, 2.45) is 0 Å². The van der Waals surface area contributed by atoms with Gasteiger partial charge in [-0.1, -0.05) is 18.7 Å². The average Bonchev–Trinajstić information content (AvgIpc) is 3.18. The van der Waals surface area contributed by atoms with E-state index in [1.807, 2.05) is 4.68 Å². The second kappa shape index (κ2) is 7.93. The van der Waals surface area contributed by atoms with Gasteiger partial charge in [0.1, 0.15) is 4.83 Å². The van der Waals surface area contributed by atoms with Crippen LogP contribution in [-0.4, -0.2) is 50.5 Å². The number of aromatic nitrogens is 4. The zero-order valence-electron chi connectivity index (χ0n) is 16.3. The van der Waals surface area contributed by atoms with Crippen LogP contribution in [-0.2, 0) is 19.4 Å². The number of hydrogen-bond donors (Lipinski definition) is 0. The molecule has 0 unspecified atom stereocenters. The highest BCUT2D eigenvalue weighted by Crippen LogP contribution is 2.34. The molecule has 6 nitrogen and oxygen atoms in total. The Hall–Kier alpha value is -1.38. The number of rotatable bonds is 7. The Bertz CT molecular complexity index is 1020. The molecular formula is C19H27N5OS2. The predicted molar refractivity (Wildman–Crippen MR) is 113 cm³/mol. The van der Waals surface area contributed by atoms with Crippen molar-refractivity contribution < 1.29 is 0 Å². The first-order valence-electron chi connectivity index (χ1n) is 9.81. The lowest BCUT2D eigenvalue weighted by atomic mass is 9.97. The van der Waals surface area contributed by atoms with Gasteiger partial charge in [-0.25, -0.2) is 14.1 Å². The summed E-state index contributed by atoms with van der Waals surface area (Å²) in [5.74, 6) is 1.65. The molecule has 0 aromatic carbocycles. The second-order valence-electron chi connectivity index (χ2n) is 7.45. The summed E-state index contributed by atoms with van der Waals surface area (Å²) in [7, 11) is 4.15. The first kappa shape index (κ1) is 19.0. The largest absolute Gasteiger partial charge is 0.309 e. The molecule has 0 N–H and O–H groups in total. The van der Waals surface area contributed by atoms with E-state index in [1.54, 1.807) is 27.5 Å². The summed E-state index contributed by atoms with van der Waals surface area (Å²) in [6.45, 7) is 3.92. The molecule has 3 heterocycles. The summed E-state index contributed by atoms with van der Waals surface area (Å²) in [6, 6.07) is 0. The number of thiophene rings is 1. The lowest BCUT2D eigenvalue weighted by molar-refractivity contribution is 0.381. The number of hydrogen-bond acceptors (Lipinski definition) is 6. The average molecular weight is 406 g/mol. The Labute approximate surface area is 167 Å². The van der Waals surface area contributed by atoms with E-state index in [-0.39, 0.29) is 5.56 Å². The third-order valence-electron chi connectivity index (χ3n) is 5.01. The zero-order chi connectivity index (χ0) is 19.0. The maximum absolute atomic E-state index is 13.5. The zero-order valence-corrected chi connectivity index (χ0v) is 18.0. The highest BCUT2D eigenvalue weighted by Gasteiger charge is 2.23. The predicted octanol–water partition coefficient (Wildman–Crippen LogP) is 3.44. The van der Waals surface area contributed by atoms with Crippen molar-refractivity contribution in [3.8, 4) is 0 Å². The molecule has 3 aromatic rings. The van der Waals surface area contributed by atoms with Crippen molar-refractivity contribution >= 4 is 39.1 Å². The lowest BCUT2D eigenvalue weighted by Crippen LogP contribution is -2.18. The van der Waals surface area contributed by atoms with Gasteiger partial charge in [0.05, 0.1) is 5.39 Å². The first-order valence-corrected chi connectivity index (χ1v) is 11.6. The smallest absolute Gasteiger partial charge is 0.270 e. The summed E-state index contributed by atoms with van der Waals surface area (Å²) in [5, 5.41) is 6.40. The molecule has 3 aromatic heterocycles. The molecule has 0 saturated heterocycles. The van der Waals surface area contributed by atoms with E-state index in [1.165, 1.54) is 23.3 Å². The molecule has 1 aliphatic rings. The monoisotopic (exact) mass is 405 g/mol. The van der Waals surface area contributed by atoms with Crippen LogP contribution in [0.1, 0.15) is 43.0 Å². The molecule has 0 radical (unpaired) electrons. The van der Waals surface area contributed by atoms with Gasteiger partial charge in [-0.2, -0.15) is 0 Å². The van der Waals surface area contributed by atoms with Crippen LogP contribution in [0.15, 0.2) is 9.95 Å². The van der Waals surface area contributed by atoms with Crippen LogP contribution in [0.4, 0.5) is 0 Å². The number of nitrogens with zero attached hydrogens (tertiary/aromatic N) is 5. The highest BCUT2D eigenvalue weighted by atomic mass is 32.2. The van der Waals surface area contributed by atoms with E-state index in [4.69, 9.17) is 10.1 Å². The van der Waals surface area contributed by atoms with Gasteiger partial charge in [0.15, 0.2) is 5.16 Å². The van der Waals surface area contributed by atoms with Crippen LogP contribution in [0.5, 0.6) is 0 Å². The molecule has 0 atom stereocenters. The molecule has 8 heteroatoms. The van der Waals surface area contributed by atoms with Crippen molar-refractivity contribution in [3.05, 3.63) is 20.8 Å². The standard InChI is InChI=1S/C19H27N5OS2/c1-4-12-26-19-21-23(11-7-10-22(2)3)18-20-16-15(17(25)24(18)19)13-8-5-6-9-14(13)27-16/h4-12H2,1-3H3. The Balaban J connectivity index is 1.86. The number of thioether (sulfide) groups is 1. The van der Waals surface area contributed by atoms with Crippen molar-refractivity contribution in [1.29, 1.82) is 0 Å². The fourth-order valence-corrected chi connectivity index (χ4v) is 5.79. The normalized spacial score (nSPS) is 14.5. The quantitative estimate of drug-likeness (QED) is 0.564. The second-order valence-corrected chi connectivity index (χ2v) is 9.60. The van der Waals surface area contributed by atoms with Gasteiger partial charge in [0.2, 0.25) is 5.78 Å². The fourth-order valence-electron chi connectivity index (χ4n) is 3.71. The van der Waals surface area contributed by atoms with Crippen LogP contribution in [0, 0.1) is 0 Å². The van der Waals surface area contributed by atoms with Gasteiger partial charge in [0, 0.05) is 17.2 Å². The van der Waals surface area contributed by atoms with Crippen LogP contribution in [0.2, 0.25) is 0 Å². The minimum atomic E-state index is 0.0758. The fraction of sp³-hybridized carbons (Fsp3) is 0.632. The Kier molecular flexibility index (Phi) is 5.57. The van der Waals surface area contributed by atoms with E-state index in [0.29, 0.717) is 5.78 Å². The summed E-state index contributed by atoms with van der Waals surface area (Å²) in [5.41, 5.74) is 1.33. The Morgan fingerprint density at radius 2 is 2.07 bits per heavy atom. The molecule has 0 fully saturated rings. The van der Waals surface area contributed by atoms with Crippen LogP contribution >= 0.6 is 23.1 Å². The summed E-state index contributed by atoms with van der Waals surface area (Å²) in [4.78, 5) is 22.8. The van der Waals surface area contributed by atoms with Crippen molar-refractivity contribution in [2.45, 2.75) is 57.1 Å². The number of fused-ring (bicyclic) bond motifs is 4. The summed E-state index contributed by atoms with van der Waals surface area (Å²) >= 11 is 3.37. The highest BCUT2D eigenvalue weighted by molar-refractivity contribution is 7.99. The molecular weight excluding hydrogens is 378 g/mol. The molecule has 1 aliphatic carbocycles. The van der Waals surface area contributed by atoms with Gasteiger partial charge in [-0.15, -0.1) is 16.4 Å². The molecule has 0 aliphatic heterocycles. The summed E-state index contributed by atoms with van der Waals surface area (Å²) < 4.78 is 3.70. The minimum absolute atomic E-state index is 0.0758. The maximum atomic E-state index is 13.5. The summed E-state index contributed by atoms with van der Waals surface area (Å²) in [6.07, 6.45) is 6.52. The van der Waals surface area contributed by atoms with Gasteiger partial charge in [-0.3, -0.25) is 4.79 Å². The van der Waals surface area contributed by atoms with Gasteiger partial charge >= 0.3 is 0 Å². The third kappa shape index (κ3) is 3.54. The van der Waals surface area contributed by atoms with Crippen molar-refractivity contribution in [2.75, 3.05) is 26.4 Å². The maximum Gasteiger partial charge on any atom is 0.270 e. The van der Waals surface area contributed by atoms with Crippen LogP contribution in [0.25, 0.3) is 16.0 Å². The molecule has 0 amide bonds. The molecule has 0 spiro atoms. The molecule has 146 valence electrons.